The SMILES string of the molecule is CCOC(=O)C(Cl)=Cc1cccc(N2C(=O)CC(C(F)(F)F)C(Cl)C2=O)c1. The van der Waals surface area contributed by atoms with Crippen molar-refractivity contribution in [3.63, 3.8) is 0 Å². The zero-order valence-electron chi connectivity index (χ0n) is 13.9. The van der Waals surface area contributed by atoms with E-state index in [1.54, 1.807) is 6.92 Å². The third kappa shape index (κ3) is 4.81. The third-order valence-electron chi connectivity index (χ3n) is 3.77. The van der Waals surface area contributed by atoms with Crippen molar-refractivity contribution >= 4 is 52.7 Å². The highest BCUT2D eigenvalue weighted by atomic mass is 35.5. The van der Waals surface area contributed by atoms with Gasteiger partial charge in [0, 0.05) is 6.42 Å². The molecule has 146 valence electrons. The molecule has 5 nitrogen and oxygen atoms in total. The summed E-state index contributed by atoms with van der Waals surface area (Å²) in [5, 5.41) is -2.15. The predicted octanol–water partition coefficient (Wildman–Crippen LogP) is 3.88. The van der Waals surface area contributed by atoms with Gasteiger partial charge in [-0.2, -0.15) is 13.2 Å². The van der Waals surface area contributed by atoms with Crippen LogP contribution in [0, 0.1) is 5.92 Å². The molecular formula is C17H14Cl2F3NO4. The molecule has 0 bridgehead atoms. The fourth-order valence-corrected chi connectivity index (χ4v) is 3.02. The van der Waals surface area contributed by atoms with E-state index in [9.17, 15) is 27.6 Å². The Balaban J connectivity index is 2.31. The van der Waals surface area contributed by atoms with E-state index in [0.29, 0.717) is 10.5 Å². The normalized spacial score (nSPS) is 21.4. The fourth-order valence-electron chi connectivity index (χ4n) is 2.51. The highest BCUT2D eigenvalue weighted by Gasteiger charge is 2.53. The van der Waals surface area contributed by atoms with Crippen LogP contribution >= 0.6 is 23.2 Å². The van der Waals surface area contributed by atoms with Crippen LogP contribution in [0.1, 0.15) is 18.9 Å². The Labute approximate surface area is 162 Å². The van der Waals surface area contributed by atoms with Gasteiger partial charge in [-0.15, -0.1) is 11.6 Å². The Kier molecular flexibility index (Phi) is 6.54. The Bertz CT molecular complexity index is 795. The Morgan fingerprint density at radius 3 is 2.63 bits per heavy atom. The Morgan fingerprint density at radius 2 is 2.04 bits per heavy atom. The largest absolute Gasteiger partial charge is 0.462 e. The summed E-state index contributed by atoms with van der Waals surface area (Å²) >= 11 is 11.5. The van der Waals surface area contributed by atoms with Gasteiger partial charge >= 0.3 is 12.1 Å². The van der Waals surface area contributed by atoms with E-state index < -0.39 is 41.7 Å². The minimum absolute atomic E-state index is 0.0263. The number of amides is 2. The molecule has 0 radical (unpaired) electrons. The predicted molar refractivity (Wildman–Crippen MR) is 93.2 cm³/mol. The van der Waals surface area contributed by atoms with E-state index in [1.807, 2.05) is 0 Å². The van der Waals surface area contributed by atoms with Gasteiger partial charge in [-0.1, -0.05) is 23.7 Å². The number of nitrogens with zero attached hydrogens (tertiary/aromatic N) is 1. The van der Waals surface area contributed by atoms with Crippen LogP contribution < -0.4 is 4.90 Å². The molecular weight excluding hydrogens is 410 g/mol. The molecule has 0 aromatic heterocycles. The number of carbonyl (C=O) groups is 3. The number of alkyl halides is 4. The average Bonchev–Trinajstić information content (AvgIpc) is 2.58. The lowest BCUT2D eigenvalue weighted by Crippen LogP contribution is -2.53. The molecule has 1 heterocycles. The molecule has 0 N–H and O–H groups in total. The smallest absolute Gasteiger partial charge is 0.394 e. The lowest BCUT2D eigenvalue weighted by molar-refractivity contribution is -0.183. The third-order valence-corrected chi connectivity index (χ3v) is 4.52. The molecule has 2 atom stereocenters. The van der Waals surface area contributed by atoms with Crippen molar-refractivity contribution in [3.8, 4) is 0 Å². The van der Waals surface area contributed by atoms with Gasteiger partial charge < -0.3 is 4.74 Å². The number of benzene rings is 1. The van der Waals surface area contributed by atoms with Gasteiger partial charge in [0.05, 0.1) is 18.2 Å². The standard InChI is InChI=1S/C17H14Cl2F3NO4/c1-2-27-16(26)12(18)7-9-4-3-5-10(6-9)23-13(24)8-11(17(20,21)22)14(19)15(23)25/h3-7,11,14H,2,8H2,1H3. The highest BCUT2D eigenvalue weighted by molar-refractivity contribution is 6.43. The van der Waals surface area contributed by atoms with E-state index in [0.717, 1.165) is 0 Å². The summed E-state index contributed by atoms with van der Waals surface area (Å²) in [6, 6.07) is 5.68. The van der Waals surface area contributed by atoms with Crippen molar-refractivity contribution in [1.82, 2.24) is 0 Å². The lowest BCUT2D eigenvalue weighted by Gasteiger charge is -2.34. The number of hydrogen-bond acceptors (Lipinski definition) is 4. The zero-order chi connectivity index (χ0) is 20.4. The molecule has 1 saturated heterocycles. The van der Waals surface area contributed by atoms with Crippen LogP contribution in [0.4, 0.5) is 18.9 Å². The number of esters is 1. The van der Waals surface area contributed by atoms with Gasteiger partial charge in [-0.25, -0.2) is 9.69 Å². The minimum atomic E-state index is -4.76. The fraction of sp³-hybridized carbons (Fsp3) is 0.353. The number of hydrogen-bond donors (Lipinski definition) is 0. The number of anilines is 1. The van der Waals surface area contributed by atoms with Gasteiger partial charge in [0.15, 0.2) is 0 Å². The van der Waals surface area contributed by atoms with Crippen LogP contribution in [0.3, 0.4) is 0 Å². The van der Waals surface area contributed by atoms with Gasteiger partial charge in [0.2, 0.25) is 5.91 Å². The van der Waals surface area contributed by atoms with E-state index in [1.165, 1.54) is 30.3 Å². The maximum atomic E-state index is 12.9. The van der Waals surface area contributed by atoms with Crippen molar-refractivity contribution in [1.29, 1.82) is 0 Å². The molecule has 2 amide bonds. The van der Waals surface area contributed by atoms with Crippen LogP contribution in [-0.2, 0) is 19.1 Å². The molecule has 1 aliphatic heterocycles. The van der Waals surface area contributed by atoms with Crippen LogP contribution in [0.5, 0.6) is 0 Å². The van der Waals surface area contributed by atoms with Crippen molar-refractivity contribution in [2.24, 2.45) is 5.92 Å². The number of ether oxygens (including phenoxy) is 1. The quantitative estimate of drug-likeness (QED) is 0.319. The molecule has 27 heavy (non-hydrogen) atoms. The van der Waals surface area contributed by atoms with Crippen molar-refractivity contribution < 1.29 is 32.3 Å². The van der Waals surface area contributed by atoms with E-state index in [4.69, 9.17) is 27.9 Å². The first-order valence-electron chi connectivity index (χ1n) is 7.78. The molecule has 0 aliphatic carbocycles. The van der Waals surface area contributed by atoms with Crippen LogP contribution in [0.25, 0.3) is 6.08 Å². The second kappa shape index (κ2) is 8.31. The lowest BCUT2D eigenvalue weighted by atomic mass is 9.93. The second-order valence-electron chi connectivity index (χ2n) is 5.63. The first kappa shape index (κ1) is 21.2. The number of halogens is 5. The molecule has 1 fully saturated rings. The topological polar surface area (TPSA) is 63.7 Å². The summed E-state index contributed by atoms with van der Waals surface area (Å²) in [7, 11) is 0. The van der Waals surface area contributed by atoms with Crippen molar-refractivity contribution in [2.45, 2.75) is 24.9 Å². The number of rotatable bonds is 4. The molecule has 1 aliphatic rings. The first-order chi connectivity index (χ1) is 12.6. The molecule has 10 heteroatoms. The molecule has 2 rings (SSSR count). The maximum absolute atomic E-state index is 12.9. The molecule has 0 saturated carbocycles. The molecule has 2 unspecified atom stereocenters. The first-order valence-corrected chi connectivity index (χ1v) is 8.59. The summed E-state index contributed by atoms with van der Waals surface area (Å²) in [5.41, 5.74) is 0.369. The average molecular weight is 424 g/mol. The van der Waals surface area contributed by atoms with Crippen LogP contribution in [0.15, 0.2) is 29.3 Å². The Hall–Kier alpha value is -2.06. The Morgan fingerprint density at radius 1 is 1.37 bits per heavy atom. The summed E-state index contributed by atoms with van der Waals surface area (Å²) in [6.45, 7) is 1.73. The van der Waals surface area contributed by atoms with E-state index in [-0.39, 0.29) is 17.3 Å². The van der Waals surface area contributed by atoms with E-state index >= 15 is 0 Å². The zero-order valence-corrected chi connectivity index (χ0v) is 15.4. The summed E-state index contributed by atoms with van der Waals surface area (Å²) in [4.78, 5) is 36.6. The number of imide groups is 1. The highest BCUT2D eigenvalue weighted by Crippen LogP contribution is 2.39. The minimum Gasteiger partial charge on any atom is -0.462 e. The van der Waals surface area contributed by atoms with Crippen LogP contribution in [-0.4, -0.2) is 35.9 Å². The van der Waals surface area contributed by atoms with Gasteiger partial charge in [-0.05, 0) is 30.7 Å². The summed E-state index contributed by atoms with van der Waals surface area (Å²) < 4.78 is 43.6. The summed E-state index contributed by atoms with van der Waals surface area (Å²) in [6.07, 6.45) is -4.45. The molecule has 1 aromatic rings. The maximum Gasteiger partial charge on any atom is 0.394 e. The number of carbonyl (C=O) groups excluding carboxylic acids is 3. The van der Waals surface area contributed by atoms with Crippen molar-refractivity contribution in [2.75, 3.05) is 11.5 Å². The van der Waals surface area contributed by atoms with Crippen molar-refractivity contribution in [3.05, 3.63) is 34.9 Å². The molecule has 0 spiro atoms. The van der Waals surface area contributed by atoms with E-state index in [2.05, 4.69) is 0 Å². The van der Waals surface area contributed by atoms with Crippen LogP contribution in [0.2, 0.25) is 0 Å². The number of piperidine rings is 1. The second-order valence-corrected chi connectivity index (χ2v) is 6.51. The molecule has 1 aromatic carbocycles. The van der Waals surface area contributed by atoms with Gasteiger partial charge in [0.1, 0.15) is 10.4 Å². The monoisotopic (exact) mass is 423 g/mol. The van der Waals surface area contributed by atoms with Gasteiger partial charge in [-0.3, -0.25) is 9.59 Å². The summed E-state index contributed by atoms with van der Waals surface area (Å²) in [5.74, 6) is -5.18. The van der Waals surface area contributed by atoms with Gasteiger partial charge in [0.25, 0.3) is 5.91 Å².